The summed E-state index contributed by atoms with van der Waals surface area (Å²) in [5.74, 6) is -0.261. The van der Waals surface area contributed by atoms with Crippen LogP contribution in [0.4, 0.5) is 17.6 Å². The molecule has 0 saturated carbocycles. The van der Waals surface area contributed by atoms with Gasteiger partial charge in [0.15, 0.2) is 0 Å². The predicted molar refractivity (Wildman–Crippen MR) is 124 cm³/mol. The number of halogens is 4. The molecule has 4 aromatic rings. The largest absolute Gasteiger partial charge is 0.416 e. The van der Waals surface area contributed by atoms with Crippen LogP contribution in [-0.2, 0) is 38.3 Å². The average Bonchev–Trinajstić information content (AvgIpc) is 2.82. The highest BCUT2D eigenvalue weighted by Gasteiger charge is 2.29. The number of benzene rings is 3. The first-order valence-electron chi connectivity index (χ1n) is 11.1. The van der Waals surface area contributed by atoms with Gasteiger partial charge in [0.25, 0.3) is 0 Å². The van der Waals surface area contributed by atoms with Crippen molar-refractivity contribution in [3.05, 3.63) is 112 Å². The van der Waals surface area contributed by atoms with Gasteiger partial charge in [-0.2, -0.15) is 13.2 Å². The number of rotatable bonds is 7. The van der Waals surface area contributed by atoms with Crippen molar-refractivity contribution in [1.29, 1.82) is 0 Å². The lowest BCUT2D eigenvalue weighted by Crippen LogP contribution is -2.04. The molecule has 1 nitrogen and oxygen atoms in total. The molecule has 0 fully saturated rings. The summed E-state index contributed by atoms with van der Waals surface area (Å²) in [6.45, 7) is 2.10. The summed E-state index contributed by atoms with van der Waals surface area (Å²) >= 11 is 0. The predicted octanol–water partition coefficient (Wildman–Crippen LogP) is 7.53. The van der Waals surface area contributed by atoms with Gasteiger partial charge in [0.2, 0.25) is 0 Å². The molecular weight excluding hydrogens is 426 g/mol. The summed E-state index contributed by atoms with van der Waals surface area (Å²) < 4.78 is 53.2. The number of fused-ring (bicyclic) bond motifs is 1. The van der Waals surface area contributed by atoms with Gasteiger partial charge in [-0.25, -0.2) is 4.39 Å². The Morgan fingerprint density at radius 2 is 1.42 bits per heavy atom. The molecule has 0 aliphatic heterocycles. The molecule has 3 aromatic carbocycles. The Labute approximate surface area is 191 Å². The maximum atomic E-state index is 15.1. The molecule has 0 aliphatic carbocycles. The number of pyridine rings is 1. The zero-order valence-electron chi connectivity index (χ0n) is 18.4. The van der Waals surface area contributed by atoms with E-state index in [4.69, 9.17) is 0 Å². The second-order valence-corrected chi connectivity index (χ2v) is 8.30. The third kappa shape index (κ3) is 5.59. The molecule has 0 amide bonds. The first-order chi connectivity index (χ1) is 15.8. The van der Waals surface area contributed by atoms with E-state index < -0.39 is 11.7 Å². The molecule has 4 rings (SSSR count). The molecule has 170 valence electrons. The number of aromatic nitrogens is 1. The van der Waals surface area contributed by atoms with E-state index in [1.165, 1.54) is 17.7 Å². The molecule has 0 atom stereocenters. The summed E-state index contributed by atoms with van der Waals surface area (Å²) in [4.78, 5) is 4.50. The lowest BCUT2D eigenvalue weighted by atomic mass is 9.97. The smallest absolute Gasteiger partial charge is 0.261 e. The van der Waals surface area contributed by atoms with Gasteiger partial charge in [-0.15, -0.1) is 0 Å². The third-order valence-corrected chi connectivity index (χ3v) is 6.03. The summed E-state index contributed by atoms with van der Waals surface area (Å²) in [5, 5.41) is 1.41. The maximum Gasteiger partial charge on any atom is 0.416 e. The van der Waals surface area contributed by atoms with Gasteiger partial charge < -0.3 is 0 Å². The van der Waals surface area contributed by atoms with E-state index in [0.717, 1.165) is 53.6 Å². The Morgan fingerprint density at radius 3 is 2.09 bits per heavy atom. The van der Waals surface area contributed by atoms with Crippen molar-refractivity contribution in [2.75, 3.05) is 0 Å². The Kier molecular flexibility index (Phi) is 6.77. The van der Waals surface area contributed by atoms with Crippen LogP contribution in [-0.4, -0.2) is 4.98 Å². The Morgan fingerprint density at radius 1 is 0.727 bits per heavy atom. The molecule has 0 aliphatic rings. The second-order valence-electron chi connectivity index (χ2n) is 8.30. The fourth-order valence-electron chi connectivity index (χ4n) is 3.96. The molecule has 0 unspecified atom stereocenters. The van der Waals surface area contributed by atoms with Crippen LogP contribution in [0.5, 0.6) is 0 Å². The topological polar surface area (TPSA) is 12.9 Å². The fraction of sp³-hybridized carbons (Fsp3) is 0.250. The molecule has 5 heteroatoms. The zero-order valence-corrected chi connectivity index (χ0v) is 18.4. The van der Waals surface area contributed by atoms with Crippen molar-refractivity contribution in [1.82, 2.24) is 4.98 Å². The summed E-state index contributed by atoms with van der Waals surface area (Å²) in [7, 11) is 0. The number of hydrogen-bond donors (Lipinski definition) is 0. The minimum atomic E-state index is -4.35. The van der Waals surface area contributed by atoms with E-state index >= 15 is 4.39 Å². The van der Waals surface area contributed by atoms with Gasteiger partial charge in [0, 0.05) is 17.3 Å². The van der Waals surface area contributed by atoms with E-state index in [0.29, 0.717) is 23.8 Å². The van der Waals surface area contributed by atoms with Crippen LogP contribution in [0, 0.1) is 5.82 Å². The maximum absolute atomic E-state index is 15.1. The standard InChI is InChI=1S/C28H25F4N/c1-2-19-6-14-25(33-18-19)15-7-21-8-16-26-23(17-21)11-10-22(27(26)29)9-3-20-4-12-24(13-5-20)28(30,31)32/h4-6,8,10-14,16-18H,2-3,7,9,15H2,1H3. The lowest BCUT2D eigenvalue weighted by Gasteiger charge is -2.10. The Bertz CT molecular complexity index is 1230. The third-order valence-electron chi connectivity index (χ3n) is 6.03. The van der Waals surface area contributed by atoms with Crippen LogP contribution in [0.1, 0.15) is 40.4 Å². The highest BCUT2D eigenvalue weighted by Crippen LogP contribution is 2.29. The molecule has 0 N–H and O–H groups in total. The van der Waals surface area contributed by atoms with Gasteiger partial charge >= 0.3 is 6.18 Å². The molecule has 0 spiro atoms. The van der Waals surface area contributed by atoms with E-state index in [1.807, 2.05) is 30.5 Å². The van der Waals surface area contributed by atoms with Crippen LogP contribution < -0.4 is 0 Å². The molecule has 1 heterocycles. The highest BCUT2D eigenvalue weighted by molar-refractivity contribution is 5.84. The normalized spacial score (nSPS) is 11.8. The molecule has 1 aromatic heterocycles. The first-order valence-corrected chi connectivity index (χ1v) is 11.1. The first kappa shape index (κ1) is 23.0. The number of alkyl halides is 3. The molecule has 0 radical (unpaired) electrons. The van der Waals surface area contributed by atoms with E-state index in [1.54, 1.807) is 6.07 Å². The van der Waals surface area contributed by atoms with Crippen molar-refractivity contribution in [2.45, 2.75) is 45.2 Å². The SMILES string of the molecule is CCc1ccc(CCc2ccc3c(F)c(CCc4ccc(C(F)(F)F)cc4)ccc3c2)nc1. The van der Waals surface area contributed by atoms with Crippen LogP contribution in [0.25, 0.3) is 10.8 Å². The van der Waals surface area contributed by atoms with E-state index in [2.05, 4.69) is 24.0 Å². The van der Waals surface area contributed by atoms with Crippen LogP contribution in [0.2, 0.25) is 0 Å². The minimum Gasteiger partial charge on any atom is -0.261 e. The molecular formula is C28H25F4N. The fourth-order valence-corrected chi connectivity index (χ4v) is 3.96. The molecule has 33 heavy (non-hydrogen) atoms. The quantitative estimate of drug-likeness (QED) is 0.265. The number of aryl methyl sites for hydroxylation is 5. The molecule has 0 bridgehead atoms. The number of hydrogen-bond acceptors (Lipinski definition) is 1. The van der Waals surface area contributed by atoms with Crippen molar-refractivity contribution in [3.8, 4) is 0 Å². The van der Waals surface area contributed by atoms with Crippen molar-refractivity contribution in [2.24, 2.45) is 0 Å². The summed E-state index contributed by atoms with van der Waals surface area (Å²) in [6.07, 6.45) is 1.08. The van der Waals surface area contributed by atoms with Gasteiger partial charge in [-0.05, 0) is 77.9 Å². The Balaban J connectivity index is 1.42. The average molecular weight is 452 g/mol. The summed E-state index contributed by atoms with van der Waals surface area (Å²) in [5.41, 5.74) is 4.02. The minimum absolute atomic E-state index is 0.261. The van der Waals surface area contributed by atoms with Crippen LogP contribution >= 0.6 is 0 Å². The van der Waals surface area contributed by atoms with Gasteiger partial charge in [-0.1, -0.05) is 55.5 Å². The van der Waals surface area contributed by atoms with Gasteiger partial charge in [0.05, 0.1) is 5.56 Å². The lowest BCUT2D eigenvalue weighted by molar-refractivity contribution is -0.137. The molecule has 0 saturated heterocycles. The van der Waals surface area contributed by atoms with Gasteiger partial charge in [-0.3, -0.25) is 4.98 Å². The summed E-state index contributed by atoms with van der Waals surface area (Å²) in [6, 6.07) is 18.7. The number of nitrogens with zero attached hydrogens (tertiary/aromatic N) is 1. The van der Waals surface area contributed by atoms with E-state index in [9.17, 15) is 13.2 Å². The monoisotopic (exact) mass is 451 g/mol. The van der Waals surface area contributed by atoms with Crippen molar-refractivity contribution < 1.29 is 17.6 Å². The van der Waals surface area contributed by atoms with Gasteiger partial charge in [0.1, 0.15) is 5.82 Å². The van der Waals surface area contributed by atoms with Crippen LogP contribution in [0.3, 0.4) is 0 Å². The Hall–Kier alpha value is -3.21. The zero-order chi connectivity index (χ0) is 23.4. The second kappa shape index (κ2) is 9.74. The van der Waals surface area contributed by atoms with Crippen molar-refractivity contribution >= 4 is 10.8 Å². The van der Waals surface area contributed by atoms with E-state index in [-0.39, 0.29) is 5.82 Å². The van der Waals surface area contributed by atoms with Crippen molar-refractivity contribution in [3.63, 3.8) is 0 Å². The van der Waals surface area contributed by atoms with Crippen LogP contribution in [0.15, 0.2) is 72.9 Å². The highest BCUT2D eigenvalue weighted by atomic mass is 19.4.